The van der Waals surface area contributed by atoms with Crippen molar-refractivity contribution in [2.45, 2.75) is 37.6 Å². The highest BCUT2D eigenvalue weighted by molar-refractivity contribution is 6.02. The molecule has 1 saturated carbocycles. The molecule has 6 nitrogen and oxygen atoms in total. The van der Waals surface area contributed by atoms with Crippen LogP contribution in [-0.2, 0) is 14.3 Å². The van der Waals surface area contributed by atoms with Crippen molar-refractivity contribution < 1.29 is 14.3 Å². The first-order valence-corrected chi connectivity index (χ1v) is 9.20. The molecule has 0 unspecified atom stereocenters. The van der Waals surface area contributed by atoms with Gasteiger partial charge in [0, 0.05) is 25.0 Å². The van der Waals surface area contributed by atoms with Gasteiger partial charge in [0.15, 0.2) is 0 Å². The topological polar surface area (TPSA) is 61.9 Å². The molecule has 0 radical (unpaired) electrons. The highest BCUT2D eigenvalue weighted by Gasteiger charge is 2.45. The number of para-hydroxylation sites is 2. The molecule has 0 aromatic heterocycles. The number of hydrogen-bond donors (Lipinski definition) is 1. The number of anilines is 2. The average Bonchev–Trinajstić information content (AvgIpc) is 3.00. The van der Waals surface area contributed by atoms with Gasteiger partial charge in [-0.3, -0.25) is 14.5 Å². The largest absolute Gasteiger partial charge is 0.378 e. The molecule has 0 atom stereocenters. The van der Waals surface area contributed by atoms with Crippen molar-refractivity contribution in [1.82, 2.24) is 4.90 Å². The summed E-state index contributed by atoms with van der Waals surface area (Å²) in [5.74, 6) is 0.107. The fourth-order valence-corrected chi connectivity index (χ4v) is 4.14. The minimum Gasteiger partial charge on any atom is -0.378 e. The molecule has 3 fully saturated rings. The highest BCUT2D eigenvalue weighted by atomic mass is 16.5. The highest BCUT2D eigenvalue weighted by Crippen LogP contribution is 2.39. The van der Waals surface area contributed by atoms with Gasteiger partial charge in [-0.15, -0.1) is 0 Å². The zero-order chi connectivity index (χ0) is 17.3. The summed E-state index contributed by atoms with van der Waals surface area (Å²) in [6.07, 6.45) is 4.88. The Labute approximate surface area is 148 Å². The van der Waals surface area contributed by atoms with E-state index in [1.54, 1.807) is 4.90 Å². The van der Waals surface area contributed by atoms with Crippen LogP contribution in [0.25, 0.3) is 0 Å². The van der Waals surface area contributed by atoms with Crippen LogP contribution in [0.4, 0.5) is 11.4 Å². The molecule has 1 aromatic carbocycles. The van der Waals surface area contributed by atoms with Gasteiger partial charge in [0.25, 0.3) is 0 Å². The molecule has 0 bridgehead atoms. The quantitative estimate of drug-likeness (QED) is 0.908. The fourth-order valence-electron chi connectivity index (χ4n) is 4.14. The number of rotatable bonds is 4. The second-order valence-electron chi connectivity index (χ2n) is 7.27. The van der Waals surface area contributed by atoms with E-state index in [9.17, 15) is 9.59 Å². The minimum atomic E-state index is -0.0210. The summed E-state index contributed by atoms with van der Waals surface area (Å²) >= 11 is 0. The summed E-state index contributed by atoms with van der Waals surface area (Å²) in [5, 5.41) is 3.03. The summed E-state index contributed by atoms with van der Waals surface area (Å²) < 4.78 is 5.64. The molecule has 3 aliphatic rings. The van der Waals surface area contributed by atoms with Crippen molar-refractivity contribution in [2.24, 2.45) is 0 Å². The molecular weight excluding hydrogens is 318 g/mol. The summed E-state index contributed by atoms with van der Waals surface area (Å²) in [6, 6.07) is 7.57. The number of carbonyl (C=O) groups is 2. The van der Waals surface area contributed by atoms with Crippen LogP contribution in [0.3, 0.4) is 0 Å². The van der Waals surface area contributed by atoms with E-state index < -0.39 is 0 Å². The van der Waals surface area contributed by atoms with Crippen LogP contribution >= 0.6 is 0 Å². The van der Waals surface area contributed by atoms with Gasteiger partial charge in [0.2, 0.25) is 11.8 Å². The molecule has 2 aliphatic heterocycles. The van der Waals surface area contributed by atoms with Gasteiger partial charge in [-0.25, -0.2) is 0 Å². The molecule has 25 heavy (non-hydrogen) atoms. The van der Waals surface area contributed by atoms with E-state index in [0.29, 0.717) is 19.6 Å². The third-order valence-electron chi connectivity index (χ3n) is 5.71. The Morgan fingerprint density at radius 3 is 2.76 bits per heavy atom. The van der Waals surface area contributed by atoms with Crippen LogP contribution in [0.5, 0.6) is 0 Å². The maximum absolute atomic E-state index is 12.7. The van der Waals surface area contributed by atoms with E-state index in [1.807, 2.05) is 24.3 Å². The van der Waals surface area contributed by atoms with E-state index >= 15 is 0 Å². The maximum Gasteiger partial charge on any atom is 0.238 e. The molecule has 1 N–H and O–H groups in total. The van der Waals surface area contributed by atoms with E-state index in [4.69, 9.17) is 4.74 Å². The van der Waals surface area contributed by atoms with Crippen molar-refractivity contribution in [1.29, 1.82) is 0 Å². The molecule has 6 heteroatoms. The van der Waals surface area contributed by atoms with Crippen LogP contribution in [0.1, 0.15) is 32.1 Å². The smallest absolute Gasteiger partial charge is 0.238 e. The van der Waals surface area contributed by atoms with Gasteiger partial charge in [0.1, 0.15) is 0 Å². The number of amides is 2. The van der Waals surface area contributed by atoms with Gasteiger partial charge in [-0.05, 0) is 37.8 Å². The van der Waals surface area contributed by atoms with Crippen molar-refractivity contribution in [3.63, 3.8) is 0 Å². The standard InChI is InChI=1S/C19H25N3O3/c23-17(13-21-11-12-25-14-19(21)8-4-9-19)20-15-5-1-2-6-16(15)22-10-3-7-18(22)24/h1-2,5-6H,3-4,7-14H2,(H,20,23). The zero-order valence-corrected chi connectivity index (χ0v) is 14.5. The Kier molecular flexibility index (Phi) is 4.48. The first kappa shape index (κ1) is 16.5. The van der Waals surface area contributed by atoms with Gasteiger partial charge in [-0.1, -0.05) is 12.1 Å². The molecule has 1 aliphatic carbocycles. The zero-order valence-electron chi connectivity index (χ0n) is 14.5. The Morgan fingerprint density at radius 1 is 1.20 bits per heavy atom. The molecule has 2 saturated heterocycles. The lowest BCUT2D eigenvalue weighted by Crippen LogP contribution is -2.62. The molecule has 1 aromatic rings. The number of benzene rings is 1. The van der Waals surface area contributed by atoms with E-state index in [-0.39, 0.29) is 17.4 Å². The summed E-state index contributed by atoms with van der Waals surface area (Å²) in [4.78, 5) is 28.8. The Hall–Kier alpha value is -1.92. The third-order valence-corrected chi connectivity index (χ3v) is 5.71. The molecule has 2 heterocycles. The van der Waals surface area contributed by atoms with Crippen LogP contribution < -0.4 is 10.2 Å². The van der Waals surface area contributed by atoms with Gasteiger partial charge in [0.05, 0.1) is 31.1 Å². The van der Waals surface area contributed by atoms with Crippen molar-refractivity contribution in [3.8, 4) is 0 Å². The van der Waals surface area contributed by atoms with Gasteiger partial charge >= 0.3 is 0 Å². The van der Waals surface area contributed by atoms with Crippen LogP contribution in [0.15, 0.2) is 24.3 Å². The number of carbonyl (C=O) groups excluding carboxylic acids is 2. The van der Waals surface area contributed by atoms with E-state index in [0.717, 1.165) is 50.3 Å². The Bertz CT molecular complexity index is 672. The SMILES string of the molecule is O=C(CN1CCOCC12CCC2)Nc1ccccc1N1CCCC1=O. The minimum absolute atomic E-state index is 0.0210. The van der Waals surface area contributed by atoms with Crippen LogP contribution in [0.2, 0.25) is 0 Å². The van der Waals surface area contributed by atoms with Crippen LogP contribution in [-0.4, -0.2) is 55.1 Å². The third kappa shape index (κ3) is 3.16. The van der Waals surface area contributed by atoms with Crippen LogP contribution in [0, 0.1) is 0 Å². The number of morpholine rings is 1. The molecule has 2 amide bonds. The van der Waals surface area contributed by atoms with E-state index in [2.05, 4.69) is 10.2 Å². The number of ether oxygens (including phenoxy) is 1. The lowest BCUT2D eigenvalue weighted by Gasteiger charge is -2.52. The summed E-state index contributed by atoms with van der Waals surface area (Å²) in [7, 11) is 0. The normalized spacial score (nSPS) is 22.9. The lowest BCUT2D eigenvalue weighted by atomic mass is 9.75. The maximum atomic E-state index is 12.7. The Morgan fingerprint density at radius 2 is 2.04 bits per heavy atom. The monoisotopic (exact) mass is 343 g/mol. The second kappa shape index (κ2) is 6.77. The summed E-state index contributed by atoms with van der Waals surface area (Å²) in [6.45, 7) is 3.33. The van der Waals surface area contributed by atoms with Gasteiger partial charge < -0.3 is 15.0 Å². The number of nitrogens with one attached hydrogen (secondary N) is 1. The van der Waals surface area contributed by atoms with Crippen molar-refractivity contribution in [3.05, 3.63) is 24.3 Å². The predicted molar refractivity (Wildman–Crippen MR) is 95.6 cm³/mol. The van der Waals surface area contributed by atoms with Crippen molar-refractivity contribution in [2.75, 3.05) is 43.1 Å². The summed E-state index contributed by atoms with van der Waals surface area (Å²) in [5.41, 5.74) is 1.59. The average molecular weight is 343 g/mol. The molecule has 1 spiro atoms. The molecule has 134 valence electrons. The second-order valence-corrected chi connectivity index (χ2v) is 7.27. The fraction of sp³-hybridized carbons (Fsp3) is 0.579. The van der Waals surface area contributed by atoms with Gasteiger partial charge in [-0.2, -0.15) is 0 Å². The molecular formula is C19H25N3O3. The number of nitrogens with zero attached hydrogens (tertiary/aromatic N) is 2. The molecule has 4 rings (SSSR count). The van der Waals surface area contributed by atoms with E-state index in [1.165, 1.54) is 6.42 Å². The predicted octanol–water partition coefficient (Wildman–Crippen LogP) is 2.01. The lowest BCUT2D eigenvalue weighted by molar-refractivity contribution is -0.131. The number of hydrogen-bond acceptors (Lipinski definition) is 4. The van der Waals surface area contributed by atoms with Crippen molar-refractivity contribution >= 4 is 23.2 Å². The Balaban J connectivity index is 1.45. The first-order valence-electron chi connectivity index (χ1n) is 9.20. The first-order chi connectivity index (χ1) is 12.2.